The third-order valence-corrected chi connectivity index (χ3v) is 6.15. The molecule has 33 heavy (non-hydrogen) atoms. The van der Waals surface area contributed by atoms with Gasteiger partial charge in [-0.2, -0.15) is 0 Å². The fourth-order valence-electron chi connectivity index (χ4n) is 4.41. The second-order valence-electron chi connectivity index (χ2n) is 8.36. The minimum absolute atomic E-state index is 0.173. The van der Waals surface area contributed by atoms with Gasteiger partial charge in [-0.25, -0.2) is 9.37 Å². The van der Waals surface area contributed by atoms with E-state index in [1.54, 1.807) is 17.7 Å². The quantitative estimate of drug-likeness (QED) is 0.376. The van der Waals surface area contributed by atoms with E-state index in [0.717, 1.165) is 27.8 Å². The summed E-state index contributed by atoms with van der Waals surface area (Å²) in [5, 5.41) is 0.636. The molecule has 0 fully saturated rings. The average molecular weight is 442 g/mol. The fraction of sp³-hybridized carbons (Fsp3) is 0.185. The first-order valence-corrected chi connectivity index (χ1v) is 10.8. The van der Waals surface area contributed by atoms with Gasteiger partial charge in [0.25, 0.3) is 5.56 Å². The largest absolute Gasteiger partial charge is 0.496 e. The number of ether oxygens (including phenoxy) is 1. The van der Waals surface area contributed by atoms with Crippen LogP contribution in [0.3, 0.4) is 0 Å². The number of nitrogens with zero attached hydrogens (tertiary/aromatic N) is 3. The Bertz CT molecular complexity index is 1570. The summed E-state index contributed by atoms with van der Waals surface area (Å²) in [5.74, 6) is 0.357. The van der Waals surface area contributed by atoms with Crippen molar-refractivity contribution in [2.45, 2.75) is 26.9 Å². The molecule has 0 radical (unpaired) electrons. The van der Waals surface area contributed by atoms with Crippen LogP contribution in [-0.2, 0) is 13.1 Å². The number of aromatic nitrogens is 3. The predicted molar refractivity (Wildman–Crippen MR) is 129 cm³/mol. The van der Waals surface area contributed by atoms with E-state index in [2.05, 4.69) is 30.1 Å². The Labute approximate surface area is 190 Å². The Morgan fingerprint density at radius 3 is 2.61 bits per heavy atom. The summed E-state index contributed by atoms with van der Waals surface area (Å²) in [5.41, 5.74) is 5.86. The maximum atomic E-state index is 14.1. The molecular weight excluding hydrogens is 417 g/mol. The summed E-state index contributed by atoms with van der Waals surface area (Å²) in [7, 11) is 1.61. The number of aryl methyl sites for hydroxylation is 2. The van der Waals surface area contributed by atoms with Gasteiger partial charge in [0.05, 0.1) is 25.5 Å². The topological polar surface area (TPSA) is 49.0 Å². The Morgan fingerprint density at radius 2 is 1.79 bits per heavy atom. The second-order valence-corrected chi connectivity index (χ2v) is 8.36. The van der Waals surface area contributed by atoms with Gasteiger partial charge in [0.1, 0.15) is 22.6 Å². The minimum atomic E-state index is -0.353. The summed E-state index contributed by atoms with van der Waals surface area (Å²) in [6, 6.07) is 18.5. The van der Waals surface area contributed by atoms with Crippen LogP contribution in [0.25, 0.3) is 21.9 Å². The molecule has 5 aromatic rings. The molecule has 5 rings (SSSR count). The van der Waals surface area contributed by atoms with Gasteiger partial charge in [0.2, 0.25) is 0 Å². The molecular formula is C27H24FN3O2. The monoisotopic (exact) mass is 441 g/mol. The van der Waals surface area contributed by atoms with Gasteiger partial charge in [0.15, 0.2) is 0 Å². The van der Waals surface area contributed by atoms with Gasteiger partial charge < -0.3 is 9.30 Å². The van der Waals surface area contributed by atoms with Gasteiger partial charge in [0, 0.05) is 17.5 Å². The Morgan fingerprint density at radius 1 is 0.970 bits per heavy atom. The zero-order chi connectivity index (χ0) is 23.1. The zero-order valence-electron chi connectivity index (χ0n) is 18.8. The van der Waals surface area contributed by atoms with E-state index in [0.29, 0.717) is 35.3 Å². The highest BCUT2D eigenvalue weighted by Gasteiger charge is 2.18. The molecule has 0 spiro atoms. The number of hydrogen-bond donors (Lipinski definition) is 0. The lowest BCUT2D eigenvalue weighted by Gasteiger charge is -2.13. The summed E-state index contributed by atoms with van der Waals surface area (Å²) >= 11 is 0. The van der Waals surface area contributed by atoms with Gasteiger partial charge in [-0.1, -0.05) is 42.0 Å². The van der Waals surface area contributed by atoms with Crippen LogP contribution in [0.2, 0.25) is 0 Å². The van der Waals surface area contributed by atoms with E-state index in [1.165, 1.54) is 18.5 Å². The zero-order valence-corrected chi connectivity index (χ0v) is 18.8. The van der Waals surface area contributed by atoms with Crippen LogP contribution in [-0.4, -0.2) is 21.2 Å². The Hall–Kier alpha value is -3.93. The number of methoxy groups -OCH3 is 1. The molecule has 3 aromatic carbocycles. The van der Waals surface area contributed by atoms with Crippen molar-refractivity contribution in [2.24, 2.45) is 0 Å². The van der Waals surface area contributed by atoms with Crippen molar-refractivity contribution in [3.8, 4) is 5.75 Å². The number of fused-ring (bicyclic) bond motifs is 3. The molecule has 0 aliphatic carbocycles. The normalized spacial score (nSPS) is 11.4. The number of para-hydroxylation sites is 1. The molecule has 0 bridgehead atoms. The van der Waals surface area contributed by atoms with Crippen LogP contribution >= 0.6 is 0 Å². The SMILES string of the molecule is COc1ccccc1Cn1cnc2c3cc(F)ccc3n(Cc3cc(C)ccc3C)c2c1=O. The van der Waals surface area contributed by atoms with Crippen LogP contribution in [0.15, 0.2) is 71.8 Å². The van der Waals surface area contributed by atoms with Crippen molar-refractivity contribution in [2.75, 3.05) is 7.11 Å². The average Bonchev–Trinajstić information content (AvgIpc) is 3.11. The van der Waals surface area contributed by atoms with E-state index in [4.69, 9.17) is 4.74 Å². The van der Waals surface area contributed by atoms with E-state index >= 15 is 0 Å². The molecule has 0 saturated heterocycles. The molecule has 5 nitrogen and oxygen atoms in total. The lowest BCUT2D eigenvalue weighted by atomic mass is 10.1. The molecule has 0 amide bonds. The number of halogens is 1. The van der Waals surface area contributed by atoms with Crippen molar-refractivity contribution in [3.63, 3.8) is 0 Å². The van der Waals surface area contributed by atoms with Crippen molar-refractivity contribution < 1.29 is 9.13 Å². The second kappa shape index (κ2) is 8.20. The van der Waals surface area contributed by atoms with Crippen LogP contribution in [0.1, 0.15) is 22.3 Å². The van der Waals surface area contributed by atoms with Gasteiger partial charge >= 0.3 is 0 Å². The molecule has 2 heterocycles. The van der Waals surface area contributed by atoms with Gasteiger partial charge in [-0.3, -0.25) is 9.36 Å². The summed E-state index contributed by atoms with van der Waals surface area (Å²) in [6.45, 7) is 4.92. The van der Waals surface area contributed by atoms with E-state index in [9.17, 15) is 9.18 Å². The number of rotatable bonds is 5. The Balaban J connectivity index is 1.74. The fourth-order valence-corrected chi connectivity index (χ4v) is 4.41. The molecule has 0 N–H and O–H groups in total. The molecule has 0 saturated carbocycles. The van der Waals surface area contributed by atoms with E-state index in [-0.39, 0.29) is 11.4 Å². The minimum Gasteiger partial charge on any atom is -0.496 e. The number of hydrogen-bond acceptors (Lipinski definition) is 3. The molecule has 6 heteroatoms. The molecule has 0 atom stereocenters. The lowest BCUT2D eigenvalue weighted by molar-refractivity contribution is 0.408. The summed E-state index contributed by atoms with van der Waals surface area (Å²) < 4.78 is 23.1. The van der Waals surface area contributed by atoms with Gasteiger partial charge in [-0.15, -0.1) is 0 Å². The summed E-state index contributed by atoms with van der Waals surface area (Å²) in [6.07, 6.45) is 1.53. The molecule has 2 aromatic heterocycles. The smallest absolute Gasteiger partial charge is 0.278 e. The van der Waals surface area contributed by atoms with Crippen LogP contribution in [0.5, 0.6) is 5.75 Å². The lowest BCUT2D eigenvalue weighted by Crippen LogP contribution is -2.23. The first-order valence-electron chi connectivity index (χ1n) is 10.8. The van der Waals surface area contributed by atoms with E-state index in [1.807, 2.05) is 35.8 Å². The maximum Gasteiger partial charge on any atom is 0.278 e. The van der Waals surface area contributed by atoms with Crippen molar-refractivity contribution in [3.05, 3.63) is 105 Å². The van der Waals surface area contributed by atoms with E-state index < -0.39 is 0 Å². The first kappa shape index (κ1) is 20.9. The summed E-state index contributed by atoms with van der Waals surface area (Å²) in [4.78, 5) is 18.3. The Kier molecular flexibility index (Phi) is 5.21. The van der Waals surface area contributed by atoms with Gasteiger partial charge in [-0.05, 0) is 49.2 Å². The highest BCUT2D eigenvalue weighted by Crippen LogP contribution is 2.28. The molecule has 0 aliphatic rings. The highest BCUT2D eigenvalue weighted by molar-refractivity contribution is 6.05. The third kappa shape index (κ3) is 3.67. The maximum absolute atomic E-state index is 14.1. The predicted octanol–water partition coefficient (Wildman–Crippen LogP) is 5.21. The van der Waals surface area contributed by atoms with Crippen LogP contribution in [0, 0.1) is 19.7 Å². The third-order valence-electron chi connectivity index (χ3n) is 6.15. The standard InChI is InChI=1S/C27H24FN3O2/c1-17-8-9-18(2)20(12-17)15-31-23-11-10-21(28)13-22(23)25-26(31)27(32)30(16-29-25)14-19-6-4-5-7-24(19)33-3/h4-13,16H,14-15H2,1-3H3. The number of benzene rings is 3. The first-order chi connectivity index (χ1) is 16.0. The molecule has 0 aliphatic heterocycles. The van der Waals surface area contributed by atoms with Crippen molar-refractivity contribution >= 4 is 21.9 Å². The van der Waals surface area contributed by atoms with Crippen molar-refractivity contribution in [1.82, 2.24) is 14.1 Å². The van der Waals surface area contributed by atoms with Crippen molar-refractivity contribution in [1.29, 1.82) is 0 Å². The molecule has 166 valence electrons. The molecule has 0 unspecified atom stereocenters. The van der Waals surface area contributed by atoms with Crippen LogP contribution in [0.4, 0.5) is 4.39 Å². The highest BCUT2D eigenvalue weighted by atomic mass is 19.1. The van der Waals surface area contributed by atoms with Crippen LogP contribution < -0.4 is 10.3 Å².